The Morgan fingerprint density at radius 3 is 2.49 bits per heavy atom. The zero-order valence-electron chi connectivity index (χ0n) is 30.2. The zero-order valence-corrected chi connectivity index (χ0v) is 31.0. The molecular weight excluding hydrogens is 691 g/mol. The monoisotopic (exact) mass is 737 g/mol. The smallest absolute Gasteiger partial charge is 0.343 e. The Morgan fingerprint density at radius 1 is 0.981 bits per heavy atom. The number of aromatic nitrogens is 1. The highest BCUT2D eigenvalue weighted by Gasteiger charge is 2.23. The van der Waals surface area contributed by atoms with E-state index in [9.17, 15) is 14.4 Å². The van der Waals surface area contributed by atoms with Gasteiger partial charge in [-0.05, 0) is 111 Å². The maximum atomic E-state index is 13.3. The van der Waals surface area contributed by atoms with Crippen LogP contribution in [0, 0.1) is 5.92 Å². The summed E-state index contributed by atoms with van der Waals surface area (Å²) in [4.78, 5) is 41.0. The quantitative estimate of drug-likeness (QED) is 0.0250. The van der Waals surface area contributed by atoms with Crippen molar-refractivity contribution in [2.24, 2.45) is 11.0 Å². The van der Waals surface area contributed by atoms with Gasteiger partial charge >= 0.3 is 17.9 Å². The fourth-order valence-corrected chi connectivity index (χ4v) is 7.23. The van der Waals surface area contributed by atoms with Crippen molar-refractivity contribution in [3.63, 3.8) is 0 Å². The lowest BCUT2D eigenvalue weighted by Crippen LogP contribution is -2.24. The number of unbranched alkanes of at least 4 members (excludes halogenated alkanes) is 1. The second-order valence-electron chi connectivity index (χ2n) is 13.0. The molecule has 10 nitrogen and oxygen atoms in total. The van der Waals surface area contributed by atoms with Crippen LogP contribution < -0.4 is 14.9 Å². The number of nitrogens with zero attached hydrogens (tertiary/aromatic N) is 2. The van der Waals surface area contributed by atoms with Gasteiger partial charge < -0.3 is 18.9 Å². The molecular formula is C42H47N3O7S. The van der Waals surface area contributed by atoms with Gasteiger partial charge in [0.05, 0.1) is 28.6 Å². The molecule has 0 aliphatic heterocycles. The maximum Gasteiger partial charge on any atom is 0.343 e. The summed E-state index contributed by atoms with van der Waals surface area (Å²) in [5, 5.41) is 5.16. The van der Waals surface area contributed by atoms with Crippen LogP contribution in [0.25, 0.3) is 10.2 Å². The molecule has 1 saturated carbocycles. The van der Waals surface area contributed by atoms with Crippen LogP contribution >= 0.6 is 11.3 Å². The third-order valence-electron chi connectivity index (χ3n) is 9.22. The average molecular weight is 738 g/mol. The van der Waals surface area contributed by atoms with Crippen molar-refractivity contribution < 1.29 is 33.3 Å². The molecule has 1 atom stereocenters. The topological polar surface area (TPSA) is 125 Å². The molecule has 0 radical (unpaired) electrons. The number of fused-ring (bicyclic) bond motifs is 1. The summed E-state index contributed by atoms with van der Waals surface area (Å²) in [6.45, 7) is 9.36. The third kappa shape index (κ3) is 11.9. The molecule has 1 aliphatic carbocycles. The Balaban J connectivity index is 1.18. The van der Waals surface area contributed by atoms with Crippen molar-refractivity contribution >= 4 is 50.8 Å². The van der Waals surface area contributed by atoms with Gasteiger partial charge in [-0.25, -0.2) is 19.4 Å². The molecule has 53 heavy (non-hydrogen) atoms. The standard InChI is InChI=1S/C42H47N3O7S/c1-4-11-29-15-17-30(18-16-29)32-21-24-37(33(26-32)27-43-45-42-44-36-13-7-8-14-38(36)53-42)52-41(48)31-19-22-34(23-20-31)49-25-10-9-12-35(51-40(47)6-3)28-50-39(46)5-2/h5-8,13-14,19-24,26-27,29-30,35H,2-4,9-12,15-18,25,28H2,1H3,(H,44,45)/b43-27+. The number of nitrogens with one attached hydrogen (secondary N) is 1. The maximum absolute atomic E-state index is 13.3. The van der Waals surface area contributed by atoms with E-state index in [0.717, 1.165) is 41.1 Å². The van der Waals surface area contributed by atoms with Gasteiger partial charge in [0.2, 0.25) is 5.13 Å². The van der Waals surface area contributed by atoms with Gasteiger partial charge in [0.25, 0.3) is 0 Å². The summed E-state index contributed by atoms with van der Waals surface area (Å²) >= 11 is 1.52. The van der Waals surface area contributed by atoms with E-state index in [2.05, 4.69) is 47.7 Å². The fourth-order valence-electron chi connectivity index (χ4n) is 6.42. The van der Waals surface area contributed by atoms with Crippen molar-refractivity contribution in [1.82, 2.24) is 4.98 Å². The lowest BCUT2D eigenvalue weighted by atomic mass is 9.77. The summed E-state index contributed by atoms with van der Waals surface area (Å²) in [7, 11) is 0. The Morgan fingerprint density at radius 2 is 1.75 bits per heavy atom. The van der Waals surface area contributed by atoms with Crippen LogP contribution in [0.1, 0.15) is 92.1 Å². The fraction of sp³-hybridized carbons (Fsp3) is 0.357. The first-order valence-corrected chi connectivity index (χ1v) is 19.0. The molecule has 3 aromatic carbocycles. The second kappa shape index (κ2) is 20.1. The first kappa shape index (κ1) is 38.9. The van der Waals surface area contributed by atoms with Crippen LogP contribution in [0.2, 0.25) is 0 Å². The molecule has 1 unspecified atom stereocenters. The van der Waals surface area contributed by atoms with Crippen molar-refractivity contribution in [2.75, 3.05) is 18.6 Å². The van der Waals surface area contributed by atoms with Gasteiger partial charge in [-0.15, -0.1) is 0 Å². The van der Waals surface area contributed by atoms with Crippen molar-refractivity contribution in [1.29, 1.82) is 0 Å². The molecule has 1 aliphatic rings. The van der Waals surface area contributed by atoms with Gasteiger partial charge in [0, 0.05) is 17.7 Å². The van der Waals surface area contributed by atoms with E-state index >= 15 is 0 Å². The molecule has 1 N–H and O–H groups in total. The van der Waals surface area contributed by atoms with Crippen LogP contribution in [0.4, 0.5) is 5.13 Å². The first-order chi connectivity index (χ1) is 25.8. The lowest BCUT2D eigenvalue weighted by molar-refractivity contribution is -0.153. The first-order valence-electron chi connectivity index (χ1n) is 18.2. The zero-order chi connectivity index (χ0) is 37.4. The predicted octanol–water partition coefficient (Wildman–Crippen LogP) is 9.41. The van der Waals surface area contributed by atoms with E-state index in [-0.39, 0.29) is 6.61 Å². The number of carbonyl (C=O) groups excluding carboxylic acids is 3. The molecule has 278 valence electrons. The molecule has 0 spiro atoms. The SMILES string of the molecule is C=CC(=O)OCC(CCCCOc1ccc(C(=O)Oc2ccc(C3CCC(CCC)CC3)cc2/C=N/Nc2nc3ccccc3s2)cc1)OC(=O)C=C. The molecule has 1 heterocycles. The number of para-hydroxylation sites is 1. The number of benzene rings is 3. The lowest BCUT2D eigenvalue weighted by Gasteiger charge is -2.29. The predicted molar refractivity (Wildman–Crippen MR) is 209 cm³/mol. The number of anilines is 1. The van der Waals surface area contributed by atoms with Crippen LogP contribution in [-0.2, 0) is 19.1 Å². The van der Waals surface area contributed by atoms with E-state index in [0.29, 0.717) is 59.5 Å². The highest BCUT2D eigenvalue weighted by molar-refractivity contribution is 7.22. The van der Waals surface area contributed by atoms with Crippen LogP contribution in [0.3, 0.4) is 0 Å². The Kier molecular flexibility index (Phi) is 14.8. The van der Waals surface area contributed by atoms with Crippen LogP contribution in [-0.4, -0.2) is 48.4 Å². The van der Waals surface area contributed by atoms with Crippen molar-refractivity contribution in [2.45, 2.75) is 76.7 Å². The van der Waals surface area contributed by atoms with Crippen LogP contribution in [0.5, 0.6) is 11.5 Å². The minimum absolute atomic E-state index is 0.0671. The summed E-state index contributed by atoms with van der Waals surface area (Å²) in [6.07, 6.45) is 12.3. The molecule has 0 saturated heterocycles. The van der Waals surface area contributed by atoms with Gasteiger partial charge in [0.15, 0.2) is 0 Å². The Bertz CT molecular complexity index is 1850. The number of hydrogen-bond acceptors (Lipinski definition) is 11. The van der Waals surface area contributed by atoms with Gasteiger partial charge in [0.1, 0.15) is 24.2 Å². The molecule has 5 rings (SSSR count). The van der Waals surface area contributed by atoms with E-state index in [1.54, 1.807) is 30.5 Å². The van der Waals surface area contributed by atoms with Crippen molar-refractivity contribution in [3.8, 4) is 11.5 Å². The molecule has 4 aromatic rings. The Hall–Kier alpha value is -5.29. The van der Waals surface area contributed by atoms with Gasteiger partial charge in [-0.2, -0.15) is 5.10 Å². The van der Waals surface area contributed by atoms with E-state index in [1.807, 2.05) is 30.3 Å². The van der Waals surface area contributed by atoms with Gasteiger partial charge in [-0.1, -0.05) is 62.5 Å². The summed E-state index contributed by atoms with van der Waals surface area (Å²) < 4.78 is 23.2. The molecule has 1 aromatic heterocycles. The largest absolute Gasteiger partial charge is 0.494 e. The molecule has 11 heteroatoms. The highest BCUT2D eigenvalue weighted by atomic mass is 32.1. The Labute approximate surface area is 314 Å². The minimum atomic E-state index is -0.599. The van der Waals surface area contributed by atoms with E-state index in [4.69, 9.17) is 18.9 Å². The normalized spacial score (nSPS) is 16.1. The molecule has 1 fully saturated rings. The summed E-state index contributed by atoms with van der Waals surface area (Å²) in [6, 6.07) is 20.7. The highest BCUT2D eigenvalue weighted by Crippen LogP contribution is 2.38. The molecule has 0 bridgehead atoms. The number of hydrazone groups is 1. The summed E-state index contributed by atoms with van der Waals surface area (Å²) in [5.74, 6) is 0.628. The number of esters is 3. The summed E-state index contributed by atoms with van der Waals surface area (Å²) in [5.41, 5.74) is 6.28. The van der Waals surface area contributed by atoms with E-state index in [1.165, 1.54) is 42.6 Å². The van der Waals surface area contributed by atoms with Crippen LogP contribution in [0.15, 0.2) is 97.1 Å². The van der Waals surface area contributed by atoms with Crippen molar-refractivity contribution in [3.05, 3.63) is 109 Å². The second-order valence-corrected chi connectivity index (χ2v) is 14.0. The number of rotatable bonds is 19. The number of hydrogen-bond donors (Lipinski definition) is 1. The number of carbonyl (C=O) groups is 3. The molecule has 0 amide bonds. The average Bonchev–Trinajstić information content (AvgIpc) is 3.60. The minimum Gasteiger partial charge on any atom is -0.494 e. The van der Waals surface area contributed by atoms with Gasteiger partial charge in [-0.3, -0.25) is 5.43 Å². The van der Waals surface area contributed by atoms with E-state index < -0.39 is 24.0 Å². The third-order valence-corrected chi connectivity index (χ3v) is 10.2. The number of thiazole rings is 1. The number of ether oxygens (including phenoxy) is 4.